The summed E-state index contributed by atoms with van der Waals surface area (Å²) in [7, 11) is 1.53. The second kappa shape index (κ2) is 3.09. The second-order valence-corrected chi connectivity index (χ2v) is 2.95. The number of hydrogen-bond acceptors (Lipinski definition) is 2. The van der Waals surface area contributed by atoms with Crippen LogP contribution < -0.4 is 4.74 Å². The Labute approximate surface area is 73.0 Å². The third-order valence-electron chi connectivity index (χ3n) is 1.17. The van der Waals surface area contributed by atoms with Gasteiger partial charge in [-0.05, 0) is 34.7 Å². The predicted octanol–water partition coefficient (Wildman–Crippen LogP) is 2.01. The van der Waals surface area contributed by atoms with Crippen LogP contribution in [0.2, 0.25) is 0 Å². The van der Waals surface area contributed by atoms with Gasteiger partial charge in [-0.25, -0.2) is 0 Å². The Morgan fingerprint density at radius 1 is 1.50 bits per heavy atom. The molecule has 54 valence electrons. The van der Waals surface area contributed by atoms with Gasteiger partial charge in [0.1, 0.15) is 0 Å². The summed E-state index contributed by atoms with van der Waals surface area (Å²) in [4.78, 5) is 0. The van der Waals surface area contributed by atoms with Gasteiger partial charge >= 0.3 is 0 Å². The van der Waals surface area contributed by atoms with Crippen molar-refractivity contribution in [1.82, 2.24) is 0 Å². The normalized spacial score (nSPS) is 9.40. The Bertz CT molecular complexity index is 235. The Hall–Kier alpha value is -0.450. The molecule has 3 heteroatoms. The molecule has 1 aromatic rings. The molecular weight excluding hydrogens is 243 g/mol. The minimum atomic E-state index is 0.214. The maximum Gasteiger partial charge on any atom is 0.171 e. The lowest BCUT2D eigenvalue weighted by Crippen LogP contribution is -1.83. The molecule has 0 bridgehead atoms. The summed E-state index contributed by atoms with van der Waals surface area (Å²) in [5, 5.41) is 9.27. The standard InChI is InChI=1S/C7H7IO2/c1-10-6-4-2-3-5(8)7(6)9/h2-4,9H,1H3. The Balaban J connectivity index is 3.14. The van der Waals surface area contributed by atoms with E-state index in [4.69, 9.17) is 4.74 Å². The number of rotatable bonds is 1. The van der Waals surface area contributed by atoms with Crippen LogP contribution >= 0.6 is 22.6 Å². The Morgan fingerprint density at radius 2 is 2.20 bits per heavy atom. The summed E-state index contributed by atoms with van der Waals surface area (Å²) in [5.41, 5.74) is 0. The van der Waals surface area contributed by atoms with Gasteiger partial charge in [-0.15, -0.1) is 0 Å². The highest BCUT2D eigenvalue weighted by Crippen LogP contribution is 2.29. The molecule has 0 unspecified atom stereocenters. The van der Waals surface area contributed by atoms with Crippen LogP contribution in [0.25, 0.3) is 0 Å². The van der Waals surface area contributed by atoms with Crippen LogP contribution in [0.1, 0.15) is 0 Å². The third-order valence-corrected chi connectivity index (χ3v) is 2.04. The van der Waals surface area contributed by atoms with Gasteiger partial charge in [-0.1, -0.05) is 6.07 Å². The van der Waals surface area contributed by atoms with E-state index in [1.165, 1.54) is 7.11 Å². The fourth-order valence-corrected chi connectivity index (χ4v) is 1.13. The molecule has 0 radical (unpaired) electrons. The van der Waals surface area contributed by atoms with Crippen molar-refractivity contribution in [2.24, 2.45) is 0 Å². The van der Waals surface area contributed by atoms with E-state index >= 15 is 0 Å². The van der Waals surface area contributed by atoms with Gasteiger partial charge in [0.25, 0.3) is 0 Å². The molecule has 0 fully saturated rings. The summed E-state index contributed by atoms with van der Waals surface area (Å²) < 4.78 is 5.67. The van der Waals surface area contributed by atoms with Crippen LogP contribution in [-0.2, 0) is 0 Å². The molecule has 0 heterocycles. The Kier molecular flexibility index (Phi) is 2.37. The molecule has 0 saturated heterocycles. The van der Waals surface area contributed by atoms with Crippen molar-refractivity contribution in [3.8, 4) is 11.5 Å². The van der Waals surface area contributed by atoms with Crippen molar-refractivity contribution in [3.05, 3.63) is 21.8 Å². The SMILES string of the molecule is COc1cccc(I)c1O. The van der Waals surface area contributed by atoms with E-state index in [1.54, 1.807) is 6.07 Å². The molecule has 0 atom stereocenters. The first-order valence-electron chi connectivity index (χ1n) is 2.77. The van der Waals surface area contributed by atoms with E-state index in [-0.39, 0.29) is 5.75 Å². The number of aromatic hydroxyl groups is 1. The fraction of sp³-hybridized carbons (Fsp3) is 0.143. The smallest absolute Gasteiger partial charge is 0.171 e. The first-order valence-corrected chi connectivity index (χ1v) is 3.85. The second-order valence-electron chi connectivity index (χ2n) is 1.79. The zero-order valence-electron chi connectivity index (χ0n) is 5.47. The zero-order chi connectivity index (χ0) is 7.56. The third kappa shape index (κ3) is 1.34. The van der Waals surface area contributed by atoms with Crippen LogP contribution in [0.5, 0.6) is 11.5 Å². The summed E-state index contributed by atoms with van der Waals surface area (Å²) in [6.07, 6.45) is 0. The molecule has 1 N–H and O–H groups in total. The molecular formula is C7H7IO2. The van der Waals surface area contributed by atoms with E-state index in [2.05, 4.69) is 0 Å². The Morgan fingerprint density at radius 3 is 2.70 bits per heavy atom. The molecule has 1 rings (SSSR count). The van der Waals surface area contributed by atoms with E-state index in [1.807, 2.05) is 34.7 Å². The molecule has 1 aromatic carbocycles. The van der Waals surface area contributed by atoms with Gasteiger partial charge in [-0.2, -0.15) is 0 Å². The highest BCUT2D eigenvalue weighted by molar-refractivity contribution is 14.1. The topological polar surface area (TPSA) is 29.5 Å². The molecule has 0 aliphatic heterocycles. The van der Waals surface area contributed by atoms with Gasteiger partial charge in [0.2, 0.25) is 0 Å². The van der Waals surface area contributed by atoms with Crippen molar-refractivity contribution in [1.29, 1.82) is 0 Å². The van der Waals surface area contributed by atoms with Crippen molar-refractivity contribution in [2.75, 3.05) is 7.11 Å². The van der Waals surface area contributed by atoms with Crippen LogP contribution in [-0.4, -0.2) is 12.2 Å². The van der Waals surface area contributed by atoms with Gasteiger partial charge in [0.15, 0.2) is 11.5 Å². The molecule has 0 aliphatic rings. The molecule has 0 amide bonds. The quantitative estimate of drug-likeness (QED) is 0.772. The van der Waals surface area contributed by atoms with Crippen LogP contribution in [0.3, 0.4) is 0 Å². The highest BCUT2D eigenvalue weighted by Gasteiger charge is 2.02. The zero-order valence-corrected chi connectivity index (χ0v) is 7.62. The van der Waals surface area contributed by atoms with Crippen LogP contribution in [0.4, 0.5) is 0 Å². The first-order chi connectivity index (χ1) is 4.75. The minimum Gasteiger partial charge on any atom is -0.504 e. The predicted molar refractivity (Wildman–Crippen MR) is 47.4 cm³/mol. The molecule has 10 heavy (non-hydrogen) atoms. The van der Waals surface area contributed by atoms with E-state index in [0.29, 0.717) is 5.75 Å². The molecule has 2 nitrogen and oxygen atoms in total. The maximum atomic E-state index is 9.27. The van der Waals surface area contributed by atoms with Gasteiger partial charge < -0.3 is 9.84 Å². The number of benzene rings is 1. The number of hydrogen-bond donors (Lipinski definition) is 1. The minimum absolute atomic E-state index is 0.214. The molecule has 0 saturated carbocycles. The average Bonchev–Trinajstić information content (AvgIpc) is 1.95. The lowest BCUT2D eigenvalue weighted by atomic mass is 10.3. The summed E-state index contributed by atoms with van der Waals surface area (Å²) in [6.45, 7) is 0. The molecule has 0 aromatic heterocycles. The van der Waals surface area contributed by atoms with Crippen LogP contribution in [0.15, 0.2) is 18.2 Å². The summed E-state index contributed by atoms with van der Waals surface area (Å²) in [6, 6.07) is 5.37. The van der Waals surface area contributed by atoms with Crippen molar-refractivity contribution < 1.29 is 9.84 Å². The van der Waals surface area contributed by atoms with Gasteiger partial charge in [0.05, 0.1) is 10.7 Å². The lowest BCUT2D eigenvalue weighted by molar-refractivity contribution is 0.372. The molecule has 0 aliphatic carbocycles. The van der Waals surface area contributed by atoms with Crippen LogP contribution in [0, 0.1) is 3.57 Å². The van der Waals surface area contributed by atoms with E-state index in [0.717, 1.165) is 3.57 Å². The number of para-hydroxylation sites is 1. The monoisotopic (exact) mass is 250 g/mol. The van der Waals surface area contributed by atoms with Crippen molar-refractivity contribution in [3.63, 3.8) is 0 Å². The van der Waals surface area contributed by atoms with E-state index in [9.17, 15) is 5.11 Å². The summed E-state index contributed by atoms with van der Waals surface area (Å²) >= 11 is 2.04. The largest absolute Gasteiger partial charge is 0.504 e. The summed E-state index contributed by atoms with van der Waals surface area (Å²) in [5.74, 6) is 0.734. The fourth-order valence-electron chi connectivity index (χ4n) is 0.660. The van der Waals surface area contributed by atoms with Crippen molar-refractivity contribution in [2.45, 2.75) is 0 Å². The average molecular weight is 250 g/mol. The molecule has 0 spiro atoms. The number of ether oxygens (including phenoxy) is 1. The van der Waals surface area contributed by atoms with Gasteiger partial charge in [0, 0.05) is 0 Å². The first kappa shape index (κ1) is 7.65. The number of phenols is 1. The lowest BCUT2D eigenvalue weighted by Gasteiger charge is -2.02. The number of halogens is 1. The maximum absolute atomic E-state index is 9.27. The van der Waals surface area contributed by atoms with E-state index < -0.39 is 0 Å². The number of phenolic OH excluding ortho intramolecular Hbond substituents is 1. The van der Waals surface area contributed by atoms with Crippen molar-refractivity contribution >= 4 is 22.6 Å². The van der Waals surface area contributed by atoms with Gasteiger partial charge in [-0.3, -0.25) is 0 Å². The number of methoxy groups -OCH3 is 1. The highest BCUT2D eigenvalue weighted by atomic mass is 127.